The predicted molar refractivity (Wildman–Crippen MR) is 154 cm³/mol. The molecule has 0 bridgehead atoms. The minimum atomic E-state index is -0.282. The number of para-hydroxylation sites is 3. The second-order valence-corrected chi connectivity index (χ2v) is 9.27. The Bertz CT molecular complexity index is 1380. The largest absolute Gasteiger partial charge is 0.495 e. The third-order valence-corrected chi connectivity index (χ3v) is 6.72. The molecule has 39 heavy (non-hydrogen) atoms. The summed E-state index contributed by atoms with van der Waals surface area (Å²) in [5.74, 6) is 1.93. The first kappa shape index (κ1) is 27.6. The van der Waals surface area contributed by atoms with E-state index in [4.69, 9.17) is 18.9 Å². The molecule has 0 spiro atoms. The van der Waals surface area contributed by atoms with Crippen molar-refractivity contribution >= 4 is 46.2 Å². The van der Waals surface area contributed by atoms with E-state index < -0.39 is 0 Å². The molecule has 0 fully saturated rings. The zero-order valence-corrected chi connectivity index (χ0v) is 22.9. The number of carbonyl (C=O) groups excluding carboxylic acids is 2. The number of hydrogen-bond acceptors (Lipinski definition) is 8. The number of benzene rings is 3. The lowest BCUT2D eigenvalue weighted by Crippen LogP contribution is -2.30. The molecule has 1 aliphatic heterocycles. The normalized spacial score (nSPS) is 13.7. The Labute approximate surface area is 231 Å². The van der Waals surface area contributed by atoms with Gasteiger partial charge in [0.1, 0.15) is 11.4 Å². The Morgan fingerprint density at radius 3 is 2.18 bits per heavy atom. The third-order valence-electron chi connectivity index (χ3n) is 5.78. The van der Waals surface area contributed by atoms with E-state index in [1.165, 1.54) is 33.1 Å². The second kappa shape index (κ2) is 12.9. The Morgan fingerprint density at radius 1 is 0.897 bits per heavy atom. The molecule has 0 aromatic heterocycles. The number of rotatable bonds is 10. The first-order valence-corrected chi connectivity index (χ1v) is 13.0. The SMILES string of the molecule is COc1ccccc1NC(=O)CCSC1=N/C(=C/c2cc(OC)c(OC)c(OC)c2)C(=O)N1c1ccccc1. The zero-order valence-electron chi connectivity index (χ0n) is 22.1. The lowest BCUT2D eigenvalue weighted by atomic mass is 10.1. The van der Waals surface area contributed by atoms with Crippen molar-refractivity contribution in [2.75, 3.05) is 44.4 Å². The molecule has 9 nitrogen and oxygen atoms in total. The number of nitrogens with one attached hydrogen (secondary N) is 1. The van der Waals surface area contributed by atoms with Crippen LogP contribution in [0.3, 0.4) is 0 Å². The van der Waals surface area contributed by atoms with E-state index in [1.807, 2.05) is 42.5 Å². The quantitative estimate of drug-likeness (QED) is 0.347. The zero-order chi connectivity index (χ0) is 27.8. The maximum absolute atomic E-state index is 13.5. The van der Waals surface area contributed by atoms with Crippen molar-refractivity contribution in [3.8, 4) is 23.0 Å². The number of aliphatic imine (C=N–C) groups is 1. The van der Waals surface area contributed by atoms with Crippen LogP contribution >= 0.6 is 11.8 Å². The maximum Gasteiger partial charge on any atom is 0.283 e. The summed E-state index contributed by atoms with van der Waals surface area (Å²) in [6.45, 7) is 0. The van der Waals surface area contributed by atoms with Crippen LogP contribution in [0.1, 0.15) is 12.0 Å². The van der Waals surface area contributed by atoms with Gasteiger partial charge in [0.05, 0.1) is 39.8 Å². The molecule has 0 unspecified atom stereocenters. The number of nitrogens with zero attached hydrogens (tertiary/aromatic N) is 2. The molecule has 0 atom stereocenters. The van der Waals surface area contributed by atoms with Crippen molar-refractivity contribution in [1.82, 2.24) is 0 Å². The van der Waals surface area contributed by atoms with E-state index in [2.05, 4.69) is 10.3 Å². The fraction of sp³-hybridized carbons (Fsp3) is 0.207. The average molecular weight is 548 g/mol. The van der Waals surface area contributed by atoms with Crippen LogP contribution in [0.2, 0.25) is 0 Å². The van der Waals surface area contributed by atoms with Crippen LogP contribution in [0.15, 0.2) is 77.4 Å². The highest BCUT2D eigenvalue weighted by Crippen LogP contribution is 2.39. The van der Waals surface area contributed by atoms with Gasteiger partial charge >= 0.3 is 0 Å². The predicted octanol–water partition coefficient (Wildman–Crippen LogP) is 5.23. The van der Waals surface area contributed by atoms with Gasteiger partial charge in [-0.25, -0.2) is 4.99 Å². The number of ether oxygens (including phenoxy) is 4. The lowest BCUT2D eigenvalue weighted by molar-refractivity contribution is -0.116. The Morgan fingerprint density at radius 2 is 1.54 bits per heavy atom. The van der Waals surface area contributed by atoms with Crippen molar-refractivity contribution < 1.29 is 28.5 Å². The first-order chi connectivity index (χ1) is 19.0. The molecule has 0 aliphatic carbocycles. The fourth-order valence-corrected chi connectivity index (χ4v) is 4.89. The van der Waals surface area contributed by atoms with Crippen molar-refractivity contribution in [2.45, 2.75) is 6.42 Å². The highest BCUT2D eigenvalue weighted by molar-refractivity contribution is 8.14. The number of hydrogen-bond donors (Lipinski definition) is 1. The molecule has 3 aromatic rings. The van der Waals surface area contributed by atoms with Gasteiger partial charge in [-0.1, -0.05) is 42.1 Å². The summed E-state index contributed by atoms with van der Waals surface area (Å²) in [6.07, 6.45) is 1.88. The van der Waals surface area contributed by atoms with Crippen LogP contribution in [0.4, 0.5) is 11.4 Å². The van der Waals surface area contributed by atoms with Gasteiger partial charge in [-0.3, -0.25) is 14.5 Å². The van der Waals surface area contributed by atoms with Gasteiger partial charge in [-0.2, -0.15) is 0 Å². The lowest BCUT2D eigenvalue weighted by Gasteiger charge is -2.17. The third kappa shape index (κ3) is 6.35. The van der Waals surface area contributed by atoms with E-state index in [-0.39, 0.29) is 23.9 Å². The van der Waals surface area contributed by atoms with E-state index in [0.717, 1.165) is 0 Å². The van der Waals surface area contributed by atoms with Gasteiger partial charge in [-0.15, -0.1) is 0 Å². The van der Waals surface area contributed by atoms with Crippen molar-refractivity contribution in [3.63, 3.8) is 0 Å². The molecule has 1 aliphatic rings. The van der Waals surface area contributed by atoms with Crippen LogP contribution in [-0.2, 0) is 9.59 Å². The van der Waals surface area contributed by atoms with Crippen molar-refractivity contribution in [1.29, 1.82) is 0 Å². The molecule has 0 radical (unpaired) electrons. The summed E-state index contributed by atoms with van der Waals surface area (Å²) >= 11 is 1.33. The summed E-state index contributed by atoms with van der Waals surface area (Å²) in [5.41, 5.74) is 2.19. The Hall–Kier alpha value is -4.44. The van der Waals surface area contributed by atoms with Crippen LogP contribution in [0, 0.1) is 0 Å². The van der Waals surface area contributed by atoms with Crippen LogP contribution < -0.4 is 29.2 Å². The molecule has 1 heterocycles. The van der Waals surface area contributed by atoms with E-state index in [9.17, 15) is 9.59 Å². The first-order valence-electron chi connectivity index (χ1n) is 12.0. The topological polar surface area (TPSA) is 98.7 Å². The highest BCUT2D eigenvalue weighted by Gasteiger charge is 2.32. The molecule has 1 N–H and O–H groups in total. The van der Waals surface area contributed by atoms with Gasteiger partial charge in [0.15, 0.2) is 16.7 Å². The molecule has 202 valence electrons. The Kier molecular flexibility index (Phi) is 9.11. The molecular formula is C29H29N3O6S. The summed E-state index contributed by atoms with van der Waals surface area (Å²) in [5, 5.41) is 3.35. The minimum absolute atomic E-state index is 0.170. The number of anilines is 2. The van der Waals surface area contributed by atoms with Gasteiger partial charge < -0.3 is 24.3 Å². The van der Waals surface area contributed by atoms with E-state index in [1.54, 1.807) is 42.4 Å². The molecule has 0 saturated heterocycles. The van der Waals surface area contributed by atoms with Crippen LogP contribution in [0.25, 0.3) is 6.08 Å². The highest BCUT2D eigenvalue weighted by atomic mass is 32.2. The summed E-state index contributed by atoms with van der Waals surface area (Å²) in [6, 6.07) is 20.0. The molecule has 10 heteroatoms. The number of thioether (sulfide) groups is 1. The summed E-state index contributed by atoms with van der Waals surface area (Å²) in [4.78, 5) is 32.3. The van der Waals surface area contributed by atoms with Crippen LogP contribution in [-0.4, -0.2) is 51.2 Å². The molecule has 3 aromatic carbocycles. The molecule has 0 saturated carbocycles. The fourth-order valence-electron chi connectivity index (χ4n) is 3.94. The summed E-state index contributed by atoms with van der Waals surface area (Å²) in [7, 11) is 6.14. The van der Waals surface area contributed by atoms with E-state index >= 15 is 0 Å². The van der Waals surface area contributed by atoms with E-state index in [0.29, 0.717) is 50.9 Å². The monoisotopic (exact) mass is 547 g/mol. The second-order valence-electron chi connectivity index (χ2n) is 8.21. The molecular weight excluding hydrogens is 518 g/mol. The van der Waals surface area contributed by atoms with Crippen molar-refractivity contribution in [2.24, 2.45) is 4.99 Å². The number of carbonyl (C=O) groups is 2. The Balaban J connectivity index is 1.56. The number of amides is 2. The van der Waals surface area contributed by atoms with Gasteiger partial charge in [-0.05, 0) is 48.0 Å². The molecule has 4 rings (SSSR count). The van der Waals surface area contributed by atoms with Gasteiger partial charge in [0, 0.05) is 12.2 Å². The van der Waals surface area contributed by atoms with Gasteiger partial charge in [0.25, 0.3) is 5.91 Å². The van der Waals surface area contributed by atoms with Gasteiger partial charge in [0.2, 0.25) is 11.7 Å². The summed E-state index contributed by atoms with van der Waals surface area (Å²) < 4.78 is 21.6. The van der Waals surface area contributed by atoms with Crippen molar-refractivity contribution in [3.05, 3.63) is 78.0 Å². The smallest absolute Gasteiger partial charge is 0.283 e. The molecule has 2 amide bonds. The maximum atomic E-state index is 13.5. The number of amidine groups is 1. The van der Waals surface area contributed by atoms with Crippen LogP contribution in [0.5, 0.6) is 23.0 Å². The standard InChI is InChI=1S/C29H29N3O6S/c1-35-23-13-9-8-12-21(23)30-26(33)14-15-39-29-31-22(28(34)32(29)20-10-6-5-7-11-20)16-19-17-24(36-2)27(38-4)25(18-19)37-3/h5-13,16-18H,14-15H2,1-4H3,(H,30,33)/b22-16+. The average Bonchev–Trinajstić information content (AvgIpc) is 3.27. The minimum Gasteiger partial charge on any atom is -0.495 e. The number of methoxy groups -OCH3 is 4.